The molecule has 0 bridgehead atoms. The largest absolute Gasteiger partial charge is 0.396 e. The Hall–Kier alpha value is -1.39. The minimum absolute atomic E-state index is 0.0726. The Morgan fingerprint density at radius 2 is 1.72 bits per heavy atom. The lowest BCUT2D eigenvalue weighted by Gasteiger charge is -2.17. The van der Waals surface area contributed by atoms with Crippen molar-refractivity contribution in [3.8, 4) is 0 Å². The third-order valence-corrected chi connectivity index (χ3v) is 3.40. The van der Waals surface area contributed by atoms with Crippen LogP contribution in [0.15, 0.2) is 17.3 Å². The predicted molar refractivity (Wildman–Crippen MR) is 69.7 cm³/mol. The number of aliphatic hydroxyl groups excluding tert-OH is 2. The Bertz CT molecular complexity index is 459. The van der Waals surface area contributed by atoms with Crippen molar-refractivity contribution in [2.45, 2.75) is 26.9 Å². The summed E-state index contributed by atoms with van der Waals surface area (Å²) in [5, 5.41) is 22.7. The summed E-state index contributed by atoms with van der Waals surface area (Å²) in [5.74, 6) is -0.255. The van der Waals surface area contributed by atoms with Gasteiger partial charge in [0.2, 0.25) is 0 Å². The van der Waals surface area contributed by atoms with Gasteiger partial charge in [0, 0.05) is 5.56 Å². The normalized spacial score (nSPS) is 22.8. The van der Waals surface area contributed by atoms with Crippen LogP contribution >= 0.6 is 0 Å². The number of rotatable bonds is 3. The fraction of sp³-hybridized carbons (Fsp3) is 0.500. The quantitative estimate of drug-likeness (QED) is 0.849. The van der Waals surface area contributed by atoms with Crippen LogP contribution in [0.2, 0.25) is 0 Å². The lowest BCUT2D eigenvalue weighted by molar-refractivity contribution is 0.00650. The summed E-state index contributed by atoms with van der Waals surface area (Å²) >= 11 is 0. The Kier molecular flexibility index (Phi) is 3.68. The van der Waals surface area contributed by atoms with Gasteiger partial charge < -0.3 is 15.1 Å². The third kappa shape index (κ3) is 2.13. The van der Waals surface area contributed by atoms with Crippen molar-refractivity contribution in [3.63, 3.8) is 0 Å². The van der Waals surface area contributed by atoms with E-state index in [9.17, 15) is 10.2 Å². The molecule has 0 radical (unpaired) electrons. The summed E-state index contributed by atoms with van der Waals surface area (Å²) in [6, 6.07) is 4.18. The number of aliphatic hydroxyl groups is 2. The predicted octanol–water partition coefficient (Wildman–Crippen LogP) is 1.32. The summed E-state index contributed by atoms with van der Waals surface area (Å²) in [7, 11) is 0. The van der Waals surface area contributed by atoms with Crippen LogP contribution in [0.3, 0.4) is 0 Å². The SMILES string of the molecule is Cc1cc(C)c(C2=NO[C@H](CO)[C@@H]2CO)c(C)c1. The molecule has 2 N–H and O–H groups in total. The maximum atomic E-state index is 9.46. The molecule has 4 heteroatoms. The van der Waals surface area contributed by atoms with Gasteiger partial charge in [-0.3, -0.25) is 0 Å². The van der Waals surface area contributed by atoms with Crippen LogP contribution in [-0.2, 0) is 4.84 Å². The van der Waals surface area contributed by atoms with Crippen LogP contribution in [0, 0.1) is 26.7 Å². The smallest absolute Gasteiger partial charge is 0.161 e. The summed E-state index contributed by atoms with van der Waals surface area (Å²) in [6.45, 7) is 5.90. The summed E-state index contributed by atoms with van der Waals surface area (Å²) in [4.78, 5) is 5.19. The first-order valence-corrected chi connectivity index (χ1v) is 6.12. The molecule has 1 aliphatic rings. The second-order valence-corrected chi connectivity index (χ2v) is 4.87. The van der Waals surface area contributed by atoms with Crippen molar-refractivity contribution in [2.24, 2.45) is 11.1 Å². The van der Waals surface area contributed by atoms with Gasteiger partial charge in [-0.1, -0.05) is 22.9 Å². The summed E-state index contributed by atoms with van der Waals surface area (Å²) in [5.41, 5.74) is 5.20. The van der Waals surface area contributed by atoms with Crippen LogP contribution in [0.25, 0.3) is 0 Å². The highest BCUT2D eigenvalue weighted by Crippen LogP contribution is 2.27. The molecule has 98 valence electrons. The molecule has 0 amide bonds. The van der Waals surface area contributed by atoms with Gasteiger partial charge >= 0.3 is 0 Å². The van der Waals surface area contributed by atoms with Gasteiger partial charge in [0.25, 0.3) is 0 Å². The first-order valence-electron chi connectivity index (χ1n) is 6.12. The zero-order valence-electron chi connectivity index (χ0n) is 11.0. The van der Waals surface area contributed by atoms with Gasteiger partial charge in [-0.2, -0.15) is 0 Å². The van der Waals surface area contributed by atoms with Gasteiger partial charge in [0.05, 0.1) is 24.8 Å². The number of nitrogens with zero attached hydrogens (tertiary/aromatic N) is 1. The minimum atomic E-state index is -0.440. The van der Waals surface area contributed by atoms with Crippen LogP contribution in [0.1, 0.15) is 22.3 Å². The minimum Gasteiger partial charge on any atom is -0.396 e. The highest BCUT2D eigenvalue weighted by molar-refractivity contribution is 6.05. The molecule has 2 atom stereocenters. The Balaban J connectivity index is 2.44. The molecule has 2 rings (SSSR count). The van der Waals surface area contributed by atoms with Crippen LogP contribution in [0.5, 0.6) is 0 Å². The van der Waals surface area contributed by atoms with Crippen molar-refractivity contribution < 1.29 is 15.1 Å². The monoisotopic (exact) mass is 249 g/mol. The maximum absolute atomic E-state index is 9.46. The average molecular weight is 249 g/mol. The molecular weight excluding hydrogens is 230 g/mol. The molecule has 18 heavy (non-hydrogen) atoms. The van der Waals surface area contributed by atoms with Crippen LogP contribution in [-0.4, -0.2) is 35.2 Å². The van der Waals surface area contributed by atoms with Crippen molar-refractivity contribution >= 4 is 5.71 Å². The van der Waals surface area contributed by atoms with Gasteiger partial charge in [-0.05, 0) is 31.9 Å². The van der Waals surface area contributed by atoms with E-state index in [2.05, 4.69) is 24.2 Å². The molecular formula is C14H19NO3. The van der Waals surface area contributed by atoms with E-state index < -0.39 is 6.10 Å². The fourth-order valence-corrected chi connectivity index (χ4v) is 2.62. The zero-order chi connectivity index (χ0) is 13.3. The van der Waals surface area contributed by atoms with E-state index in [1.54, 1.807) is 0 Å². The Morgan fingerprint density at radius 1 is 1.11 bits per heavy atom. The first kappa shape index (κ1) is 13.1. The molecule has 0 fully saturated rings. The molecule has 0 unspecified atom stereocenters. The number of hydrogen-bond acceptors (Lipinski definition) is 4. The molecule has 1 aliphatic heterocycles. The second-order valence-electron chi connectivity index (χ2n) is 4.87. The molecule has 0 aliphatic carbocycles. The molecule has 0 spiro atoms. The maximum Gasteiger partial charge on any atom is 0.161 e. The zero-order valence-corrected chi connectivity index (χ0v) is 11.0. The van der Waals surface area contributed by atoms with Crippen molar-refractivity contribution in [1.82, 2.24) is 0 Å². The van der Waals surface area contributed by atoms with E-state index in [1.807, 2.05) is 13.8 Å². The summed E-state index contributed by atoms with van der Waals surface area (Å²) in [6.07, 6.45) is -0.440. The number of benzene rings is 1. The molecule has 1 aromatic carbocycles. The molecule has 1 heterocycles. The molecule has 4 nitrogen and oxygen atoms in total. The van der Waals surface area contributed by atoms with E-state index in [0.29, 0.717) is 0 Å². The Morgan fingerprint density at radius 3 is 2.22 bits per heavy atom. The first-order chi connectivity index (χ1) is 8.58. The topological polar surface area (TPSA) is 62.0 Å². The lowest BCUT2D eigenvalue weighted by Crippen LogP contribution is -2.30. The van der Waals surface area contributed by atoms with Gasteiger partial charge in [0.15, 0.2) is 6.10 Å². The van der Waals surface area contributed by atoms with E-state index in [4.69, 9.17) is 4.84 Å². The second kappa shape index (κ2) is 5.08. The van der Waals surface area contributed by atoms with Crippen molar-refractivity contribution in [2.75, 3.05) is 13.2 Å². The standard InChI is InChI=1S/C14H19NO3/c1-8-4-9(2)13(10(3)5-8)14-11(6-16)12(7-17)18-15-14/h4-5,11-12,16-17H,6-7H2,1-3H3/t11-,12+/m0/s1. The van der Waals surface area contributed by atoms with E-state index in [0.717, 1.165) is 22.4 Å². The number of oxime groups is 1. The van der Waals surface area contributed by atoms with E-state index in [1.165, 1.54) is 5.56 Å². The summed E-state index contributed by atoms with van der Waals surface area (Å²) < 4.78 is 0. The highest BCUT2D eigenvalue weighted by atomic mass is 16.7. The van der Waals surface area contributed by atoms with Gasteiger partial charge in [-0.15, -0.1) is 0 Å². The third-order valence-electron chi connectivity index (χ3n) is 3.40. The number of hydrogen-bond donors (Lipinski definition) is 2. The molecule has 0 saturated carbocycles. The van der Waals surface area contributed by atoms with E-state index >= 15 is 0 Å². The van der Waals surface area contributed by atoms with Crippen LogP contribution in [0.4, 0.5) is 0 Å². The average Bonchev–Trinajstić information content (AvgIpc) is 2.70. The fourth-order valence-electron chi connectivity index (χ4n) is 2.62. The Labute approximate surface area is 107 Å². The van der Waals surface area contributed by atoms with Crippen molar-refractivity contribution in [1.29, 1.82) is 0 Å². The molecule has 0 aromatic heterocycles. The van der Waals surface area contributed by atoms with Gasteiger partial charge in [-0.25, -0.2) is 0 Å². The van der Waals surface area contributed by atoms with Crippen LogP contribution < -0.4 is 0 Å². The molecule has 0 saturated heterocycles. The van der Waals surface area contributed by atoms with Crippen molar-refractivity contribution in [3.05, 3.63) is 34.4 Å². The number of aryl methyl sites for hydroxylation is 3. The van der Waals surface area contributed by atoms with E-state index in [-0.39, 0.29) is 19.1 Å². The van der Waals surface area contributed by atoms with Gasteiger partial charge in [0.1, 0.15) is 0 Å². The molecule has 1 aromatic rings. The highest BCUT2D eigenvalue weighted by Gasteiger charge is 2.35. The lowest BCUT2D eigenvalue weighted by atomic mass is 9.87.